The molecule has 0 saturated carbocycles. The fraction of sp³-hybridized carbons (Fsp3) is 0.211. The van der Waals surface area contributed by atoms with E-state index in [1.54, 1.807) is 20.3 Å². The largest absolute Gasteiger partial charge is 0.493 e. The SMILES string of the molecule is COc1cc2c(cc1OC)C(=O)[C@H](Sc1nnc(-c3ccccc3Br)o1)C2. The first-order valence-electron chi connectivity index (χ1n) is 8.15. The molecule has 1 aliphatic rings. The van der Waals surface area contributed by atoms with Gasteiger partial charge in [0.25, 0.3) is 5.22 Å². The number of carbonyl (C=O) groups is 1. The van der Waals surface area contributed by atoms with Crippen LogP contribution in [0.1, 0.15) is 15.9 Å². The zero-order valence-corrected chi connectivity index (χ0v) is 17.0. The van der Waals surface area contributed by atoms with E-state index in [-0.39, 0.29) is 11.0 Å². The third-order valence-corrected chi connectivity index (χ3v) is 6.05. The van der Waals surface area contributed by atoms with Gasteiger partial charge in [-0.25, -0.2) is 0 Å². The fourth-order valence-electron chi connectivity index (χ4n) is 3.00. The van der Waals surface area contributed by atoms with Crippen molar-refractivity contribution in [3.05, 3.63) is 52.0 Å². The molecule has 1 atom stereocenters. The molecule has 0 spiro atoms. The number of Topliss-reactive ketones (excluding diaryl/α,β-unsaturated/α-hetero) is 1. The molecule has 27 heavy (non-hydrogen) atoms. The Kier molecular flexibility index (Phi) is 4.92. The molecule has 0 bridgehead atoms. The topological polar surface area (TPSA) is 74.5 Å². The van der Waals surface area contributed by atoms with Crippen LogP contribution in [0, 0.1) is 0 Å². The molecule has 0 saturated heterocycles. The van der Waals surface area contributed by atoms with Crippen molar-refractivity contribution in [1.29, 1.82) is 0 Å². The van der Waals surface area contributed by atoms with Crippen LogP contribution in [0.5, 0.6) is 11.5 Å². The number of halogens is 1. The van der Waals surface area contributed by atoms with Crippen molar-refractivity contribution in [2.24, 2.45) is 0 Å². The molecule has 1 aromatic heterocycles. The first kappa shape index (κ1) is 18.1. The number of methoxy groups -OCH3 is 2. The molecule has 6 nitrogen and oxygen atoms in total. The van der Waals surface area contributed by atoms with E-state index < -0.39 is 0 Å². The number of nitrogens with zero attached hydrogens (tertiary/aromatic N) is 2. The van der Waals surface area contributed by atoms with E-state index in [1.165, 1.54) is 11.8 Å². The Morgan fingerprint density at radius 3 is 2.59 bits per heavy atom. The van der Waals surface area contributed by atoms with Gasteiger partial charge in [-0.2, -0.15) is 0 Å². The third kappa shape index (κ3) is 3.35. The van der Waals surface area contributed by atoms with E-state index in [2.05, 4.69) is 26.1 Å². The van der Waals surface area contributed by atoms with Crippen LogP contribution in [0.3, 0.4) is 0 Å². The fourth-order valence-corrected chi connectivity index (χ4v) is 4.41. The highest BCUT2D eigenvalue weighted by Gasteiger charge is 2.34. The molecule has 0 radical (unpaired) electrons. The Bertz CT molecular complexity index is 1020. The number of benzene rings is 2. The molecule has 0 aliphatic heterocycles. The summed E-state index contributed by atoms with van der Waals surface area (Å²) in [6.07, 6.45) is 0.575. The van der Waals surface area contributed by atoms with Crippen molar-refractivity contribution in [1.82, 2.24) is 10.2 Å². The van der Waals surface area contributed by atoms with Crippen LogP contribution >= 0.6 is 27.7 Å². The summed E-state index contributed by atoms with van der Waals surface area (Å²) in [4.78, 5) is 12.8. The van der Waals surface area contributed by atoms with Gasteiger partial charge in [0.05, 0.1) is 25.0 Å². The molecular weight excluding hydrogens is 432 g/mol. The highest BCUT2D eigenvalue weighted by Crippen LogP contribution is 2.40. The molecule has 0 N–H and O–H groups in total. The molecule has 0 fully saturated rings. The predicted octanol–water partition coefficient (Wildman–Crippen LogP) is 4.42. The van der Waals surface area contributed by atoms with E-state index in [0.717, 1.165) is 15.6 Å². The van der Waals surface area contributed by atoms with Crippen LogP contribution in [0.15, 0.2) is 50.5 Å². The van der Waals surface area contributed by atoms with Crippen molar-refractivity contribution in [2.45, 2.75) is 16.9 Å². The maximum atomic E-state index is 12.8. The summed E-state index contributed by atoms with van der Waals surface area (Å²) >= 11 is 4.75. The average Bonchev–Trinajstić information content (AvgIpc) is 3.26. The molecule has 0 unspecified atom stereocenters. The van der Waals surface area contributed by atoms with Gasteiger partial charge in [-0.3, -0.25) is 4.79 Å². The Labute approximate surface area is 168 Å². The van der Waals surface area contributed by atoms with Crippen molar-refractivity contribution in [3.8, 4) is 23.0 Å². The van der Waals surface area contributed by atoms with Crippen molar-refractivity contribution in [2.75, 3.05) is 14.2 Å². The lowest BCUT2D eigenvalue weighted by molar-refractivity contribution is 0.0999. The summed E-state index contributed by atoms with van der Waals surface area (Å²) < 4.78 is 17.3. The zero-order chi connectivity index (χ0) is 19.0. The molecule has 8 heteroatoms. The Morgan fingerprint density at radius 1 is 1.11 bits per heavy atom. The third-order valence-electron chi connectivity index (χ3n) is 4.33. The lowest BCUT2D eigenvalue weighted by atomic mass is 10.1. The number of aromatic nitrogens is 2. The van der Waals surface area contributed by atoms with Crippen LogP contribution < -0.4 is 9.47 Å². The van der Waals surface area contributed by atoms with Gasteiger partial charge in [-0.1, -0.05) is 23.9 Å². The van der Waals surface area contributed by atoms with Gasteiger partial charge in [0, 0.05) is 10.0 Å². The summed E-state index contributed by atoms with van der Waals surface area (Å²) in [5.41, 5.74) is 2.39. The smallest absolute Gasteiger partial charge is 0.277 e. The minimum absolute atomic E-state index is 0.0246. The first-order chi connectivity index (χ1) is 13.1. The highest BCUT2D eigenvalue weighted by atomic mass is 79.9. The van der Waals surface area contributed by atoms with Crippen molar-refractivity contribution >= 4 is 33.5 Å². The Hall–Kier alpha value is -2.32. The maximum absolute atomic E-state index is 12.8. The van der Waals surface area contributed by atoms with Gasteiger partial charge in [0.1, 0.15) is 0 Å². The van der Waals surface area contributed by atoms with Gasteiger partial charge in [0.2, 0.25) is 5.89 Å². The normalized spacial score (nSPS) is 15.7. The number of rotatable bonds is 5. The Morgan fingerprint density at radius 2 is 1.85 bits per heavy atom. The summed E-state index contributed by atoms with van der Waals surface area (Å²) in [6, 6.07) is 11.2. The van der Waals surface area contributed by atoms with Gasteiger partial charge >= 0.3 is 0 Å². The van der Waals surface area contributed by atoms with Gasteiger partial charge < -0.3 is 13.9 Å². The number of hydrogen-bond acceptors (Lipinski definition) is 7. The average molecular weight is 447 g/mol. The first-order valence-corrected chi connectivity index (χ1v) is 9.82. The molecule has 138 valence electrons. The van der Waals surface area contributed by atoms with Crippen LogP contribution in [-0.4, -0.2) is 35.5 Å². The molecule has 2 aromatic carbocycles. The second-order valence-electron chi connectivity index (χ2n) is 5.89. The molecule has 0 amide bonds. The predicted molar refractivity (Wildman–Crippen MR) is 105 cm³/mol. The highest BCUT2D eigenvalue weighted by molar-refractivity contribution is 9.10. The summed E-state index contributed by atoms with van der Waals surface area (Å²) in [5.74, 6) is 1.60. The number of fused-ring (bicyclic) bond motifs is 1. The van der Waals surface area contributed by atoms with Gasteiger partial charge in [-0.15, -0.1) is 10.2 Å². The van der Waals surface area contributed by atoms with Crippen LogP contribution in [0.2, 0.25) is 0 Å². The number of thioether (sulfide) groups is 1. The maximum Gasteiger partial charge on any atom is 0.277 e. The second kappa shape index (κ2) is 7.36. The number of carbonyl (C=O) groups excluding carboxylic acids is 1. The second-order valence-corrected chi connectivity index (χ2v) is 7.90. The molecule has 4 rings (SSSR count). The monoisotopic (exact) mass is 446 g/mol. The number of hydrogen-bond donors (Lipinski definition) is 0. The number of ketones is 1. The molecule has 1 aliphatic carbocycles. The van der Waals surface area contributed by atoms with Crippen LogP contribution in [0.25, 0.3) is 11.5 Å². The molecule has 3 aromatic rings. The number of ether oxygens (including phenoxy) is 2. The van der Waals surface area contributed by atoms with E-state index in [1.807, 2.05) is 30.3 Å². The quantitative estimate of drug-likeness (QED) is 0.574. The van der Waals surface area contributed by atoms with E-state index in [4.69, 9.17) is 13.9 Å². The standard InChI is InChI=1S/C19H15BrN2O4S/c1-24-14-7-10-8-16(17(23)12(10)9-15(14)25-2)27-19-22-21-18(26-19)11-5-3-4-6-13(11)20/h3-7,9,16H,8H2,1-2H3/t16-/m1/s1. The van der Waals surface area contributed by atoms with E-state index in [0.29, 0.717) is 34.6 Å². The molecular formula is C19H15BrN2O4S. The lowest BCUT2D eigenvalue weighted by Gasteiger charge is -2.09. The van der Waals surface area contributed by atoms with E-state index in [9.17, 15) is 4.79 Å². The van der Waals surface area contributed by atoms with Gasteiger partial charge in [0.15, 0.2) is 17.3 Å². The van der Waals surface area contributed by atoms with Gasteiger partial charge in [-0.05, 0) is 52.2 Å². The Balaban J connectivity index is 1.56. The summed E-state index contributed by atoms with van der Waals surface area (Å²) in [7, 11) is 3.13. The zero-order valence-electron chi connectivity index (χ0n) is 14.6. The summed E-state index contributed by atoms with van der Waals surface area (Å²) in [5, 5.41) is 8.24. The summed E-state index contributed by atoms with van der Waals surface area (Å²) in [6.45, 7) is 0. The van der Waals surface area contributed by atoms with E-state index >= 15 is 0 Å². The lowest BCUT2D eigenvalue weighted by Crippen LogP contribution is -2.11. The van der Waals surface area contributed by atoms with Crippen LogP contribution in [0.4, 0.5) is 0 Å². The van der Waals surface area contributed by atoms with Crippen molar-refractivity contribution in [3.63, 3.8) is 0 Å². The minimum atomic E-state index is -0.315. The minimum Gasteiger partial charge on any atom is -0.493 e. The molecule has 1 heterocycles. The van der Waals surface area contributed by atoms with Crippen molar-refractivity contribution < 1.29 is 18.7 Å². The van der Waals surface area contributed by atoms with Crippen LogP contribution in [-0.2, 0) is 6.42 Å².